The molecule has 0 unspecified atom stereocenters. The van der Waals surface area contributed by atoms with Crippen LogP contribution in [0.15, 0.2) is 0 Å². The molecule has 1 N–H and O–H groups in total. The van der Waals surface area contributed by atoms with E-state index < -0.39 is 35.2 Å². The van der Waals surface area contributed by atoms with E-state index in [4.69, 9.17) is 9.47 Å². The average Bonchev–Trinajstić information content (AvgIpc) is 2.28. The number of carbonyl (C=O) groups is 3. The Morgan fingerprint density at radius 3 is 2.32 bits per heavy atom. The second-order valence-corrected chi connectivity index (χ2v) is 4.85. The van der Waals surface area contributed by atoms with Gasteiger partial charge in [-0.1, -0.05) is 0 Å². The Balaban J connectivity index is 2.88. The normalized spacial score (nSPS) is 30.8. The average molecular weight is 272 g/mol. The lowest BCUT2D eigenvalue weighted by molar-refractivity contribution is -0.169. The van der Waals surface area contributed by atoms with Gasteiger partial charge >= 0.3 is 11.9 Å². The van der Waals surface area contributed by atoms with E-state index in [1.807, 2.05) is 0 Å². The summed E-state index contributed by atoms with van der Waals surface area (Å²) in [6.07, 6.45) is -0.316. The van der Waals surface area contributed by atoms with Gasteiger partial charge in [0.2, 0.25) is 0 Å². The van der Waals surface area contributed by atoms with E-state index in [0.29, 0.717) is 0 Å². The highest BCUT2D eigenvalue weighted by Gasteiger charge is 2.50. The lowest BCUT2D eigenvalue weighted by atomic mass is 9.71. The van der Waals surface area contributed by atoms with Crippen LogP contribution < -0.4 is 0 Å². The summed E-state index contributed by atoms with van der Waals surface area (Å²) < 4.78 is 9.69. The number of carbonyl (C=O) groups excluding carboxylic acids is 3. The summed E-state index contributed by atoms with van der Waals surface area (Å²) >= 11 is 0. The molecule has 0 spiro atoms. The Morgan fingerprint density at radius 2 is 1.79 bits per heavy atom. The van der Waals surface area contributed by atoms with Gasteiger partial charge < -0.3 is 14.6 Å². The number of rotatable bonds is 4. The molecule has 0 aromatic rings. The highest BCUT2D eigenvalue weighted by atomic mass is 16.5. The van der Waals surface area contributed by atoms with Gasteiger partial charge in [-0.15, -0.1) is 0 Å². The van der Waals surface area contributed by atoms with Crippen LogP contribution in [0.25, 0.3) is 0 Å². The van der Waals surface area contributed by atoms with Gasteiger partial charge in [0.05, 0.1) is 24.7 Å². The molecule has 0 aromatic heterocycles. The van der Waals surface area contributed by atoms with Crippen LogP contribution in [-0.4, -0.2) is 41.6 Å². The quantitative estimate of drug-likeness (QED) is 0.590. The first-order valence-corrected chi connectivity index (χ1v) is 6.41. The Hall–Kier alpha value is -1.43. The van der Waals surface area contributed by atoms with Crippen molar-refractivity contribution in [3.8, 4) is 0 Å². The summed E-state index contributed by atoms with van der Waals surface area (Å²) in [5.74, 6) is -3.51. The predicted octanol–water partition coefficient (Wildman–Crippen LogP) is 0.459. The molecule has 108 valence electrons. The number of Topliss-reactive ketones (excluding diaryl/α,β-unsaturated/α-hetero) is 1. The Kier molecular flexibility index (Phi) is 5.05. The van der Waals surface area contributed by atoms with E-state index in [9.17, 15) is 19.5 Å². The highest BCUT2D eigenvalue weighted by molar-refractivity contribution is 6.01. The van der Waals surface area contributed by atoms with Gasteiger partial charge in [0.25, 0.3) is 0 Å². The smallest absolute Gasteiger partial charge is 0.316 e. The molecule has 1 aliphatic carbocycles. The van der Waals surface area contributed by atoms with E-state index in [1.165, 1.54) is 6.92 Å². The molecule has 0 bridgehead atoms. The second-order valence-electron chi connectivity index (χ2n) is 4.85. The van der Waals surface area contributed by atoms with Crippen LogP contribution in [0.1, 0.15) is 33.6 Å². The van der Waals surface area contributed by atoms with Crippen LogP contribution in [0.2, 0.25) is 0 Å². The van der Waals surface area contributed by atoms with Crippen molar-refractivity contribution in [3.05, 3.63) is 0 Å². The number of aliphatic hydroxyl groups is 1. The monoisotopic (exact) mass is 272 g/mol. The molecule has 0 aliphatic heterocycles. The van der Waals surface area contributed by atoms with Crippen molar-refractivity contribution in [2.75, 3.05) is 13.2 Å². The molecule has 6 nitrogen and oxygen atoms in total. The first kappa shape index (κ1) is 15.6. The van der Waals surface area contributed by atoms with Crippen LogP contribution in [0.4, 0.5) is 0 Å². The maximum Gasteiger partial charge on any atom is 0.316 e. The fraction of sp³-hybridized carbons (Fsp3) is 0.769. The fourth-order valence-corrected chi connectivity index (χ4v) is 2.28. The Bertz CT molecular complexity index is 373. The Morgan fingerprint density at radius 1 is 1.26 bits per heavy atom. The number of ether oxygens (including phenoxy) is 2. The minimum atomic E-state index is -1.48. The molecule has 0 aromatic carbocycles. The van der Waals surface area contributed by atoms with Crippen LogP contribution in [0, 0.1) is 11.8 Å². The van der Waals surface area contributed by atoms with Gasteiger partial charge in [-0.25, -0.2) is 0 Å². The SMILES string of the molecule is CCOC(=O)[C@@H]1C[C@H](C(=O)OCC)[C@@](C)(O)CC1=O. The molecule has 1 saturated carbocycles. The topological polar surface area (TPSA) is 89.9 Å². The van der Waals surface area contributed by atoms with E-state index in [1.54, 1.807) is 13.8 Å². The minimum Gasteiger partial charge on any atom is -0.466 e. The minimum absolute atomic E-state index is 0.0660. The molecule has 1 rings (SSSR count). The van der Waals surface area contributed by atoms with Gasteiger partial charge in [0.1, 0.15) is 11.7 Å². The summed E-state index contributed by atoms with van der Waals surface area (Å²) in [6, 6.07) is 0. The van der Waals surface area contributed by atoms with Crippen LogP contribution >= 0.6 is 0 Å². The molecular weight excluding hydrogens is 252 g/mol. The standard InChI is InChI=1S/C13H20O6/c1-4-18-11(15)8-6-9(12(16)19-5-2)13(3,17)7-10(8)14/h8-9,17H,4-7H2,1-3H3/t8-,9-,13+/m1/s1. The van der Waals surface area contributed by atoms with E-state index >= 15 is 0 Å². The summed E-state index contributed by atoms with van der Waals surface area (Å²) in [6.45, 7) is 5.06. The van der Waals surface area contributed by atoms with Crippen molar-refractivity contribution in [2.45, 2.75) is 39.2 Å². The first-order chi connectivity index (χ1) is 8.83. The third-order valence-corrected chi connectivity index (χ3v) is 3.29. The van der Waals surface area contributed by atoms with E-state index in [2.05, 4.69) is 0 Å². The number of ketones is 1. The zero-order valence-electron chi connectivity index (χ0n) is 11.5. The first-order valence-electron chi connectivity index (χ1n) is 6.41. The molecule has 6 heteroatoms. The summed E-state index contributed by atoms with van der Waals surface area (Å²) in [4.78, 5) is 35.3. The van der Waals surface area contributed by atoms with Crippen molar-refractivity contribution >= 4 is 17.7 Å². The molecule has 1 aliphatic rings. The fourth-order valence-electron chi connectivity index (χ4n) is 2.28. The lowest BCUT2D eigenvalue weighted by Gasteiger charge is -2.37. The van der Waals surface area contributed by atoms with Crippen LogP contribution in [0.3, 0.4) is 0 Å². The molecule has 19 heavy (non-hydrogen) atoms. The Labute approximate surface area is 112 Å². The summed E-state index contributed by atoms with van der Waals surface area (Å²) in [7, 11) is 0. The second kappa shape index (κ2) is 6.14. The van der Waals surface area contributed by atoms with Crippen molar-refractivity contribution < 1.29 is 29.0 Å². The summed E-state index contributed by atoms with van der Waals surface area (Å²) in [5.41, 5.74) is -1.48. The van der Waals surface area contributed by atoms with Gasteiger partial charge in [-0.3, -0.25) is 14.4 Å². The van der Waals surface area contributed by atoms with Gasteiger partial charge in [0.15, 0.2) is 0 Å². The van der Waals surface area contributed by atoms with E-state index in [0.717, 1.165) is 0 Å². The zero-order valence-corrected chi connectivity index (χ0v) is 11.5. The van der Waals surface area contributed by atoms with Crippen molar-refractivity contribution in [1.82, 2.24) is 0 Å². The van der Waals surface area contributed by atoms with E-state index in [-0.39, 0.29) is 26.1 Å². The van der Waals surface area contributed by atoms with Crippen LogP contribution in [0.5, 0.6) is 0 Å². The molecule has 3 atom stereocenters. The molecular formula is C13H20O6. The number of hydrogen-bond acceptors (Lipinski definition) is 6. The van der Waals surface area contributed by atoms with Crippen molar-refractivity contribution in [1.29, 1.82) is 0 Å². The van der Waals surface area contributed by atoms with Crippen LogP contribution in [-0.2, 0) is 23.9 Å². The molecule has 0 radical (unpaired) electrons. The largest absolute Gasteiger partial charge is 0.466 e. The molecule has 0 heterocycles. The third kappa shape index (κ3) is 3.53. The molecule has 0 amide bonds. The van der Waals surface area contributed by atoms with Crippen molar-refractivity contribution in [3.63, 3.8) is 0 Å². The maximum atomic E-state index is 11.8. The highest BCUT2D eigenvalue weighted by Crippen LogP contribution is 2.36. The molecule has 1 fully saturated rings. The predicted molar refractivity (Wildman–Crippen MR) is 65.1 cm³/mol. The number of hydrogen-bond donors (Lipinski definition) is 1. The molecule has 0 saturated heterocycles. The van der Waals surface area contributed by atoms with Gasteiger partial charge in [-0.2, -0.15) is 0 Å². The van der Waals surface area contributed by atoms with Crippen molar-refractivity contribution in [2.24, 2.45) is 11.8 Å². The summed E-state index contributed by atoms with van der Waals surface area (Å²) in [5, 5.41) is 10.2. The third-order valence-electron chi connectivity index (χ3n) is 3.29. The maximum absolute atomic E-state index is 11.8. The van der Waals surface area contributed by atoms with Gasteiger partial charge in [0, 0.05) is 6.42 Å². The van der Waals surface area contributed by atoms with Gasteiger partial charge in [-0.05, 0) is 27.2 Å². The zero-order chi connectivity index (χ0) is 14.6. The lowest BCUT2D eigenvalue weighted by Crippen LogP contribution is -2.50. The number of esters is 2.